The maximum Gasteiger partial charge on any atom is 0.137 e. The van der Waals surface area contributed by atoms with Gasteiger partial charge in [0.2, 0.25) is 0 Å². The molecule has 6 rings (SSSR count). The topological polar surface area (TPSA) is 30.7 Å². The van der Waals surface area contributed by atoms with E-state index >= 15 is 0 Å². The van der Waals surface area contributed by atoms with Gasteiger partial charge in [0.15, 0.2) is 0 Å². The zero-order chi connectivity index (χ0) is 18.5. The fourth-order valence-electron chi connectivity index (χ4n) is 3.98. The number of nitrogens with zero attached hydrogens (tertiary/aromatic N) is 3. The number of pyridine rings is 2. The van der Waals surface area contributed by atoms with E-state index in [1.807, 2.05) is 30.7 Å². The van der Waals surface area contributed by atoms with Crippen molar-refractivity contribution in [3.8, 4) is 16.9 Å². The number of hydrogen-bond acceptors (Lipinski definition) is 3. The summed E-state index contributed by atoms with van der Waals surface area (Å²) in [4.78, 5) is 8.93. The number of aromatic nitrogens is 3. The predicted octanol–water partition coefficient (Wildman–Crippen LogP) is 6.46. The second-order valence-corrected chi connectivity index (χ2v) is 7.74. The molecule has 132 valence electrons. The summed E-state index contributed by atoms with van der Waals surface area (Å²) in [6.45, 7) is 0. The van der Waals surface area contributed by atoms with Crippen molar-refractivity contribution in [2.45, 2.75) is 0 Å². The van der Waals surface area contributed by atoms with Gasteiger partial charge in [0.25, 0.3) is 0 Å². The normalized spacial score (nSPS) is 11.6. The summed E-state index contributed by atoms with van der Waals surface area (Å²) in [5.41, 5.74) is 4.62. The van der Waals surface area contributed by atoms with Crippen LogP contribution in [-0.2, 0) is 0 Å². The molecule has 0 spiro atoms. The van der Waals surface area contributed by atoms with Gasteiger partial charge in [0.1, 0.15) is 5.82 Å². The third kappa shape index (κ3) is 2.22. The SMILES string of the molecule is c1ccc2c(c1)c1ccc3sccc3c1n2-c1ccc(-c2ccncc2)cn1. The molecule has 0 fully saturated rings. The van der Waals surface area contributed by atoms with Gasteiger partial charge in [-0.05, 0) is 53.4 Å². The van der Waals surface area contributed by atoms with Crippen molar-refractivity contribution in [3.05, 3.63) is 90.7 Å². The van der Waals surface area contributed by atoms with E-state index in [4.69, 9.17) is 4.98 Å². The first-order valence-corrected chi connectivity index (χ1v) is 10.0. The van der Waals surface area contributed by atoms with Crippen LogP contribution in [-0.4, -0.2) is 14.5 Å². The van der Waals surface area contributed by atoms with Crippen LogP contribution in [0.5, 0.6) is 0 Å². The third-order valence-corrected chi connectivity index (χ3v) is 6.14. The Morgan fingerprint density at radius 3 is 2.46 bits per heavy atom. The molecule has 4 heteroatoms. The van der Waals surface area contributed by atoms with E-state index in [0.29, 0.717) is 0 Å². The highest BCUT2D eigenvalue weighted by atomic mass is 32.1. The fraction of sp³-hybridized carbons (Fsp3) is 0. The average molecular weight is 377 g/mol. The highest BCUT2D eigenvalue weighted by Gasteiger charge is 2.15. The molecule has 0 N–H and O–H groups in total. The molecule has 0 radical (unpaired) electrons. The van der Waals surface area contributed by atoms with Crippen LogP contribution in [0.3, 0.4) is 0 Å². The van der Waals surface area contributed by atoms with Crippen LogP contribution in [0.2, 0.25) is 0 Å². The minimum absolute atomic E-state index is 0.933. The lowest BCUT2D eigenvalue weighted by Gasteiger charge is -2.09. The van der Waals surface area contributed by atoms with Gasteiger partial charge in [-0.25, -0.2) is 4.98 Å². The minimum Gasteiger partial charge on any atom is -0.293 e. The Kier molecular flexibility index (Phi) is 3.34. The van der Waals surface area contributed by atoms with Crippen LogP contribution in [0.1, 0.15) is 0 Å². The lowest BCUT2D eigenvalue weighted by atomic mass is 10.1. The first-order chi connectivity index (χ1) is 13.9. The van der Waals surface area contributed by atoms with E-state index in [0.717, 1.165) is 16.9 Å². The van der Waals surface area contributed by atoms with Gasteiger partial charge in [0.05, 0.1) is 11.0 Å². The fourth-order valence-corrected chi connectivity index (χ4v) is 4.76. The Bertz CT molecular complexity index is 1440. The average Bonchev–Trinajstić information content (AvgIpc) is 3.37. The Morgan fingerprint density at radius 2 is 1.61 bits per heavy atom. The Labute approximate surface area is 165 Å². The van der Waals surface area contributed by atoms with Crippen LogP contribution in [0.25, 0.3) is 48.8 Å². The van der Waals surface area contributed by atoms with Crippen molar-refractivity contribution in [3.63, 3.8) is 0 Å². The van der Waals surface area contributed by atoms with Gasteiger partial charge in [0, 0.05) is 45.0 Å². The van der Waals surface area contributed by atoms with Gasteiger partial charge in [-0.2, -0.15) is 0 Å². The van der Waals surface area contributed by atoms with Crippen LogP contribution in [0.4, 0.5) is 0 Å². The zero-order valence-electron chi connectivity index (χ0n) is 14.9. The van der Waals surface area contributed by atoms with Crippen molar-refractivity contribution in [2.24, 2.45) is 0 Å². The molecule has 4 heterocycles. The van der Waals surface area contributed by atoms with Crippen molar-refractivity contribution in [2.75, 3.05) is 0 Å². The predicted molar refractivity (Wildman–Crippen MR) is 117 cm³/mol. The van der Waals surface area contributed by atoms with E-state index < -0.39 is 0 Å². The van der Waals surface area contributed by atoms with Crippen molar-refractivity contribution in [1.82, 2.24) is 14.5 Å². The molecule has 3 nitrogen and oxygen atoms in total. The van der Waals surface area contributed by atoms with Crippen molar-refractivity contribution < 1.29 is 0 Å². The third-order valence-electron chi connectivity index (χ3n) is 5.26. The molecule has 0 aliphatic heterocycles. The summed E-state index contributed by atoms with van der Waals surface area (Å²) >= 11 is 1.78. The molecule has 2 aromatic carbocycles. The van der Waals surface area contributed by atoms with E-state index in [2.05, 4.69) is 69.5 Å². The number of fused-ring (bicyclic) bond motifs is 5. The summed E-state index contributed by atoms with van der Waals surface area (Å²) in [5, 5.41) is 5.96. The number of hydrogen-bond donors (Lipinski definition) is 0. The van der Waals surface area contributed by atoms with Crippen molar-refractivity contribution >= 4 is 43.2 Å². The Balaban J connectivity index is 1.66. The first kappa shape index (κ1) is 15.5. The molecule has 0 unspecified atom stereocenters. The summed E-state index contributed by atoms with van der Waals surface area (Å²) in [7, 11) is 0. The quantitative estimate of drug-likeness (QED) is 0.347. The maximum atomic E-state index is 4.83. The number of benzene rings is 2. The molecular weight excluding hydrogens is 362 g/mol. The smallest absolute Gasteiger partial charge is 0.137 e. The summed E-state index contributed by atoms with van der Waals surface area (Å²) in [5.74, 6) is 0.933. The molecule has 0 aliphatic carbocycles. The molecule has 6 aromatic rings. The van der Waals surface area contributed by atoms with Gasteiger partial charge in [-0.15, -0.1) is 11.3 Å². The van der Waals surface area contributed by atoms with Crippen LogP contribution < -0.4 is 0 Å². The van der Waals surface area contributed by atoms with Crippen LogP contribution >= 0.6 is 11.3 Å². The molecule has 28 heavy (non-hydrogen) atoms. The molecule has 4 aromatic heterocycles. The van der Waals surface area contributed by atoms with Crippen molar-refractivity contribution in [1.29, 1.82) is 0 Å². The molecule has 0 saturated carbocycles. The van der Waals surface area contributed by atoms with Gasteiger partial charge < -0.3 is 0 Å². The van der Waals surface area contributed by atoms with E-state index in [1.165, 1.54) is 31.9 Å². The zero-order valence-corrected chi connectivity index (χ0v) is 15.7. The molecule has 0 bridgehead atoms. The monoisotopic (exact) mass is 377 g/mol. The maximum absolute atomic E-state index is 4.83. The van der Waals surface area contributed by atoms with Gasteiger partial charge in [-0.3, -0.25) is 9.55 Å². The lowest BCUT2D eigenvalue weighted by Crippen LogP contribution is -1.97. The van der Waals surface area contributed by atoms with Gasteiger partial charge in [-0.1, -0.05) is 24.3 Å². The van der Waals surface area contributed by atoms with Crippen LogP contribution in [0.15, 0.2) is 90.7 Å². The van der Waals surface area contributed by atoms with Crippen LogP contribution in [0, 0.1) is 0 Å². The number of thiophene rings is 1. The second kappa shape index (κ2) is 6.01. The molecule has 0 aliphatic rings. The highest BCUT2D eigenvalue weighted by Crippen LogP contribution is 2.37. The summed E-state index contributed by atoms with van der Waals surface area (Å²) in [6, 6.07) is 23.5. The second-order valence-electron chi connectivity index (χ2n) is 6.79. The first-order valence-electron chi connectivity index (χ1n) is 9.16. The molecule has 0 amide bonds. The summed E-state index contributed by atoms with van der Waals surface area (Å²) in [6.07, 6.45) is 5.56. The largest absolute Gasteiger partial charge is 0.293 e. The summed E-state index contributed by atoms with van der Waals surface area (Å²) < 4.78 is 3.58. The molecule has 0 saturated heterocycles. The molecule has 0 atom stereocenters. The lowest BCUT2D eigenvalue weighted by molar-refractivity contribution is 1.08. The van der Waals surface area contributed by atoms with E-state index in [-0.39, 0.29) is 0 Å². The Morgan fingerprint density at radius 1 is 0.714 bits per heavy atom. The van der Waals surface area contributed by atoms with Gasteiger partial charge >= 0.3 is 0 Å². The number of rotatable bonds is 2. The number of para-hydroxylation sites is 1. The molecular formula is C24H15N3S. The highest BCUT2D eigenvalue weighted by molar-refractivity contribution is 7.17. The minimum atomic E-state index is 0.933. The Hall–Kier alpha value is -3.50. The standard InChI is InChI=1S/C24H15N3S/c1-2-4-21-18(3-1)19-6-7-22-20(11-14-28-22)24(19)27(21)23-8-5-17(15-26-23)16-9-12-25-13-10-16/h1-15H. The van der Waals surface area contributed by atoms with E-state index in [9.17, 15) is 0 Å². The van der Waals surface area contributed by atoms with E-state index in [1.54, 1.807) is 11.3 Å².